The summed E-state index contributed by atoms with van der Waals surface area (Å²) in [6.07, 6.45) is 6.41. The molecule has 1 aliphatic carbocycles. The first kappa shape index (κ1) is 14.5. The van der Waals surface area contributed by atoms with Crippen molar-refractivity contribution >= 4 is 9.84 Å². The van der Waals surface area contributed by atoms with Crippen molar-refractivity contribution in [1.82, 2.24) is 15.2 Å². The quantitative estimate of drug-likeness (QED) is 0.622. The Balaban J connectivity index is 2.18. The smallest absolute Gasteiger partial charge is 0.150 e. The maximum Gasteiger partial charge on any atom is 0.150 e. The Morgan fingerprint density at radius 3 is 2.79 bits per heavy atom. The van der Waals surface area contributed by atoms with Gasteiger partial charge in [-0.25, -0.2) is 8.42 Å². The molecule has 0 bridgehead atoms. The summed E-state index contributed by atoms with van der Waals surface area (Å²) >= 11 is 0. The van der Waals surface area contributed by atoms with Gasteiger partial charge in [0.25, 0.3) is 0 Å². The van der Waals surface area contributed by atoms with Gasteiger partial charge in [0, 0.05) is 19.5 Å². The second kappa shape index (κ2) is 5.60. The molecule has 2 rings (SSSR count). The highest BCUT2D eigenvalue weighted by Crippen LogP contribution is 2.36. The van der Waals surface area contributed by atoms with Crippen molar-refractivity contribution in [3.8, 4) is 0 Å². The molecule has 1 heterocycles. The Hall–Kier alpha value is -0.920. The Kier molecular flexibility index (Phi) is 4.27. The lowest BCUT2D eigenvalue weighted by Gasteiger charge is -2.33. The molecule has 3 N–H and O–H groups in total. The van der Waals surface area contributed by atoms with Crippen molar-refractivity contribution in [1.29, 1.82) is 0 Å². The number of sulfone groups is 1. The summed E-state index contributed by atoms with van der Waals surface area (Å²) in [5.74, 6) is 5.91. The molecule has 0 radical (unpaired) electrons. The zero-order valence-electron chi connectivity index (χ0n) is 11.4. The van der Waals surface area contributed by atoms with Crippen LogP contribution in [0, 0.1) is 5.92 Å². The van der Waals surface area contributed by atoms with Gasteiger partial charge in [-0.2, -0.15) is 5.10 Å². The molecule has 108 valence electrons. The van der Waals surface area contributed by atoms with Crippen LogP contribution < -0.4 is 11.3 Å². The molecule has 1 fully saturated rings. The number of nitrogens with one attached hydrogen (secondary N) is 1. The molecule has 1 aromatic heterocycles. The summed E-state index contributed by atoms with van der Waals surface area (Å²) in [6.45, 7) is 0. The van der Waals surface area contributed by atoms with E-state index in [9.17, 15) is 8.42 Å². The molecular formula is C12H22N4O2S. The first-order valence-corrected chi connectivity index (χ1v) is 8.52. The van der Waals surface area contributed by atoms with Crippen molar-refractivity contribution in [2.24, 2.45) is 18.8 Å². The van der Waals surface area contributed by atoms with Gasteiger partial charge in [0.1, 0.15) is 9.84 Å². The molecule has 0 aliphatic heterocycles. The SMILES string of the molecule is Cn1nccc1C(NN)C1CCCC(S(C)(=O)=O)C1. The van der Waals surface area contributed by atoms with Crippen LogP contribution in [-0.2, 0) is 16.9 Å². The van der Waals surface area contributed by atoms with Gasteiger partial charge in [0.2, 0.25) is 0 Å². The average Bonchev–Trinajstić information content (AvgIpc) is 2.76. The highest BCUT2D eigenvalue weighted by Gasteiger charge is 2.34. The summed E-state index contributed by atoms with van der Waals surface area (Å²) in [4.78, 5) is 0. The van der Waals surface area contributed by atoms with Crippen molar-refractivity contribution in [2.45, 2.75) is 37.0 Å². The maximum atomic E-state index is 11.7. The van der Waals surface area contributed by atoms with Crippen molar-refractivity contribution in [3.63, 3.8) is 0 Å². The average molecular weight is 286 g/mol. The van der Waals surface area contributed by atoms with Crippen LogP contribution in [0.2, 0.25) is 0 Å². The van der Waals surface area contributed by atoms with Crippen LogP contribution in [0.3, 0.4) is 0 Å². The zero-order valence-corrected chi connectivity index (χ0v) is 12.2. The van der Waals surface area contributed by atoms with Gasteiger partial charge < -0.3 is 0 Å². The standard InChI is InChI=1S/C12H22N4O2S/c1-16-11(6-7-14-16)12(15-13)9-4-3-5-10(8-9)19(2,17)18/h6-7,9-10,12,15H,3-5,8,13H2,1-2H3. The van der Waals surface area contributed by atoms with Gasteiger partial charge >= 0.3 is 0 Å². The minimum Gasteiger partial charge on any atom is -0.271 e. The topological polar surface area (TPSA) is 90.0 Å². The van der Waals surface area contributed by atoms with E-state index in [0.717, 1.165) is 25.0 Å². The van der Waals surface area contributed by atoms with Gasteiger partial charge in [0.15, 0.2) is 0 Å². The van der Waals surface area contributed by atoms with Gasteiger partial charge in [-0.1, -0.05) is 6.42 Å². The fourth-order valence-electron chi connectivity index (χ4n) is 3.02. The number of nitrogens with zero attached hydrogens (tertiary/aromatic N) is 2. The molecule has 0 saturated heterocycles. The molecule has 3 unspecified atom stereocenters. The molecule has 0 spiro atoms. The van der Waals surface area contributed by atoms with Crippen LogP contribution in [0.25, 0.3) is 0 Å². The molecule has 7 heteroatoms. The first-order chi connectivity index (χ1) is 8.93. The van der Waals surface area contributed by atoms with Crippen LogP contribution in [-0.4, -0.2) is 29.7 Å². The lowest BCUT2D eigenvalue weighted by molar-refractivity contribution is 0.266. The van der Waals surface area contributed by atoms with Gasteiger partial charge in [-0.15, -0.1) is 0 Å². The van der Waals surface area contributed by atoms with Crippen molar-refractivity contribution < 1.29 is 8.42 Å². The second-order valence-electron chi connectivity index (χ2n) is 5.40. The number of hydrogen-bond acceptors (Lipinski definition) is 5. The summed E-state index contributed by atoms with van der Waals surface area (Å²) in [7, 11) is -1.10. The van der Waals surface area contributed by atoms with Crippen molar-refractivity contribution in [2.75, 3.05) is 6.26 Å². The summed E-state index contributed by atoms with van der Waals surface area (Å²) in [5.41, 5.74) is 3.83. The Bertz CT molecular complexity index is 526. The fraction of sp³-hybridized carbons (Fsp3) is 0.750. The minimum absolute atomic E-state index is 0.0444. The monoisotopic (exact) mass is 286 g/mol. The van der Waals surface area contributed by atoms with Gasteiger partial charge in [0.05, 0.1) is 17.0 Å². The molecule has 1 saturated carbocycles. The Morgan fingerprint density at radius 1 is 1.53 bits per heavy atom. The van der Waals surface area contributed by atoms with E-state index in [1.165, 1.54) is 6.26 Å². The van der Waals surface area contributed by atoms with Crippen LogP contribution in [0.4, 0.5) is 0 Å². The maximum absolute atomic E-state index is 11.7. The van der Waals surface area contributed by atoms with Crippen LogP contribution in [0.1, 0.15) is 37.4 Å². The first-order valence-electron chi connectivity index (χ1n) is 6.56. The van der Waals surface area contributed by atoms with E-state index < -0.39 is 9.84 Å². The van der Waals surface area contributed by atoms with Gasteiger partial charge in [-0.3, -0.25) is 16.0 Å². The molecule has 19 heavy (non-hydrogen) atoms. The largest absolute Gasteiger partial charge is 0.271 e. The number of rotatable bonds is 4. The Labute approximate surface area is 114 Å². The van der Waals surface area contributed by atoms with Gasteiger partial charge in [-0.05, 0) is 31.2 Å². The van der Waals surface area contributed by atoms with Crippen LogP contribution >= 0.6 is 0 Å². The molecule has 1 aliphatic rings. The summed E-state index contributed by atoms with van der Waals surface area (Å²) in [5, 5.41) is 3.91. The lowest BCUT2D eigenvalue weighted by Crippen LogP contribution is -2.39. The van der Waals surface area contributed by atoms with E-state index in [4.69, 9.17) is 5.84 Å². The highest BCUT2D eigenvalue weighted by molar-refractivity contribution is 7.91. The molecule has 6 nitrogen and oxygen atoms in total. The zero-order chi connectivity index (χ0) is 14.0. The predicted octanol–water partition coefficient (Wildman–Crippen LogP) is 0.528. The van der Waals surface area contributed by atoms with E-state index in [2.05, 4.69) is 10.5 Å². The normalized spacial score (nSPS) is 26.3. The summed E-state index contributed by atoms with van der Waals surface area (Å²) in [6, 6.07) is 1.88. The fourth-order valence-corrected chi connectivity index (χ4v) is 4.22. The third kappa shape index (κ3) is 3.16. The van der Waals surface area contributed by atoms with E-state index >= 15 is 0 Å². The highest BCUT2D eigenvalue weighted by atomic mass is 32.2. The minimum atomic E-state index is -2.97. The lowest BCUT2D eigenvalue weighted by atomic mass is 9.82. The third-order valence-electron chi connectivity index (χ3n) is 4.10. The number of aryl methyl sites for hydroxylation is 1. The van der Waals surface area contributed by atoms with Crippen LogP contribution in [0.15, 0.2) is 12.3 Å². The van der Waals surface area contributed by atoms with E-state index in [-0.39, 0.29) is 17.2 Å². The number of aromatic nitrogens is 2. The second-order valence-corrected chi connectivity index (χ2v) is 7.73. The van der Waals surface area contributed by atoms with Crippen LogP contribution in [0.5, 0.6) is 0 Å². The van der Waals surface area contributed by atoms with E-state index in [0.29, 0.717) is 6.42 Å². The third-order valence-corrected chi connectivity index (χ3v) is 5.74. The molecule has 0 amide bonds. The van der Waals surface area contributed by atoms with E-state index in [1.54, 1.807) is 10.9 Å². The predicted molar refractivity (Wildman–Crippen MR) is 73.9 cm³/mol. The summed E-state index contributed by atoms with van der Waals surface area (Å²) < 4.78 is 25.2. The number of hydrogen-bond donors (Lipinski definition) is 2. The van der Waals surface area contributed by atoms with Crippen molar-refractivity contribution in [3.05, 3.63) is 18.0 Å². The van der Waals surface area contributed by atoms with E-state index in [1.807, 2.05) is 13.1 Å². The molecule has 0 aromatic carbocycles. The number of hydrazine groups is 1. The molecular weight excluding hydrogens is 264 g/mol. The molecule has 3 atom stereocenters. The Morgan fingerprint density at radius 2 is 2.26 bits per heavy atom. The molecule has 1 aromatic rings. The number of nitrogens with two attached hydrogens (primary N) is 1.